The standard InChI is InChI=1S/C51H53Cl2FN6O9/c1-49(20-6-11-35(53)42(49)54)41-40(59-50(21-3-2-4-22-50)51(41)34-17-14-31(52)28-36(34)57-48(51)67)45(64)56-32-15-12-30(13-16-32)43(62)55-23-25-69-27-26-68-24-7-9-29-8-5-10-33-39(29)47(66)60(46(33)65)37-18-19-38(61)58-44(37)63/h5-6,8,10-17,28,37,40-41,59H,2-4,7,9,18-27H2,1H3,(H,55,62)(H,56,64)(H,57,67)(H,58,61,63)/t37?,40-,41-,49?,51-/m1/s1. The summed E-state index contributed by atoms with van der Waals surface area (Å²) in [5.74, 6) is -4.74. The van der Waals surface area contributed by atoms with Crippen molar-refractivity contribution in [2.24, 2.45) is 11.3 Å². The van der Waals surface area contributed by atoms with Gasteiger partial charge in [-0.25, -0.2) is 4.39 Å². The third-order valence-electron chi connectivity index (χ3n) is 14.8. The molecule has 3 aromatic rings. The van der Waals surface area contributed by atoms with Gasteiger partial charge in [0.25, 0.3) is 17.7 Å². The van der Waals surface area contributed by atoms with Crippen LogP contribution in [0.3, 0.4) is 0 Å². The minimum Gasteiger partial charge on any atom is -0.379 e. The summed E-state index contributed by atoms with van der Waals surface area (Å²) in [6.45, 7) is 3.12. The van der Waals surface area contributed by atoms with E-state index in [1.165, 1.54) is 6.08 Å². The minimum atomic E-state index is -1.34. The Morgan fingerprint density at radius 3 is 2.41 bits per heavy atom. The van der Waals surface area contributed by atoms with Crippen molar-refractivity contribution in [1.82, 2.24) is 20.9 Å². The fraction of sp³-hybridized carbons (Fsp3) is 0.431. The second-order valence-corrected chi connectivity index (χ2v) is 19.7. The molecule has 3 aromatic carbocycles. The van der Waals surface area contributed by atoms with Gasteiger partial charge >= 0.3 is 0 Å². The average molecular weight is 984 g/mol. The van der Waals surface area contributed by atoms with E-state index in [1.54, 1.807) is 67.6 Å². The first-order chi connectivity index (χ1) is 33.2. The number of nitrogens with zero attached hydrogens (tertiary/aromatic N) is 1. The summed E-state index contributed by atoms with van der Waals surface area (Å²) >= 11 is 12.9. The lowest BCUT2D eigenvalue weighted by Gasteiger charge is -2.51. The maximum absolute atomic E-state index is 16.7. The zero-order valence-corrected chi connectivity index (χ0v) is 39.5. The number of carbonyl (C=O) groups is 7. The third kappa shape index (κ3) is 8.57. The van der Waals surface area contributed by atoms with Crippen LogP contribution >= 0.6 is 23.2 Å². The van der Waals surface area contributed by atoms with Crippen LogP contribution in [0, 0.1) is 11.3 Å². The number of benzene rings is 3. The Balaban J connectivity index is 0.762. The van der Waals surface area contributed by atoms with Crippen LogP contribution in [-0.2, 0) is 40.5 Å². The number of halogens is 3. The molecule has 6 aliphatic rings. The molecule has 18 heteroatoms. The van der Waals surface area contributed by atoms with E-state index >= 15 is 4.39 Å². The number of anilines is 2. The molecule has 2 saturated heterocycles. The molecule has 7 amide bonds. The zero-order chi connectivity index (χ0) is 48.7. The van der Waals surface area contributed by atoms with E-state index in [0.29, 0.717) is 72.0 Å². The number of aryl methyl sites for hydroxylation is 1. The summed E-state index contributed by atoms with van der Waals surface area (Å²) in [5, 5.41) is 15.2. The number of piperidine rings is 1. The number of hydrogen-bond acceptors (Lipinski definition) is 10. The van der Waals surface area contributed by atoms with Crippen molar-refractivity contribution < 1.29 is 47.4 Å². The normalized spacial score (nSPS) is 25.8. The van der Waals surface area contributed by atoms with Gasteiger partial charge in [-0.15, -0.1) is 0 Å². The molecule has 2 spiro atoms. The van der Waals surface area contributed by atoms with Crippen molar-refractivity contribution in [3.05, 3.63) is 117 Å². The molecule has 3 fully saturated rings. The summed E-state index contributed by atoms with van der Waals surface area (Å²) in [5.41, 5.74) is -0.366. The van der Waals surface area contributed by atoms with E-state index in [1.807, 2.05) is 6.07 Å². The first-order valence-electron chi connectivity index (χ1n) is 23.5. The molecule has 2 unspecified atom stereocenters. The number of allylic oxidation sites excluding steroid dienone is 4. The van der Waals surface area contributed by atoms with Crippen LogP contribution in [0.2, 0.25) is 5.02 Å². The van der Waals surface area contributed by atoms with E-state index in [9.17, 15) is 33.6 Å². The minimum absolute atomic E-state index is 0.0475. The van der Waals surface area contributed by atoms with E-state index < -0.39 is 69.7 Å². The SMILES string of the molecule is CC1([C@H]2[C@H](C(=O)Nc3ccc(C(=O)NCCOCCOCCCc4cccc5c4C(=O)N(C4CCC(=O)NC4=O)C5=O)cc3)NC3(CCCCC3)[C@@]23C(=O)Nc2cc(Cl)ccc23)CC=CC(Cl)=C1F. The van der Waals surface area contributed by atoms with Gasteiger partial charge < -0.3 is 25.4 Å². The van der Waals surface area contributed by atoms with Gasteiger partial charge in [-0.1, -0.05) is 73.7 Å². The molecule has 69 heavy (non-hydrogen) atoms. The van der Waals surface area contributed by atoms with Crippen LogP contribution < -0.4 is 26.6 Å². The fourth-order valence-corrected chi connectivity index (χ4v) is 12.2. The van der Waals surface area contributed by atoms with Crippen molar-refractivity contribution in [3.8, 4) is 0 Å². The molecule has 0 bridgehead atoms. The summed E-state index contributed by atoms with van der Waals surface area (Å²) in [7, 11) is 0. The molecule has 9 rings (SSSR count). The topological polar surface area (TPSA) is 201 Å². The predicted octanol–water partition coefficient (Wildman–Crippen LogP) is 6.64. The van der Waals surface area contributed by atoms with Gasteiger partial charge in [0, 0.05) is 58.4 Å². The van der Waals surface area contributed by atoms with Crippen LogP contribution in [0.5, 0.6) is 0 Å². The molecule has 1 saturated carbocycles. The Kier molecular flexibility index (Phi) is 13.7. The van der Waals surface area contributed by atoms with Crippen molar-refractivity contribution in [2.75, 3.05) is 43.6 Å². The second-order valence-electron chi connectivity index (χ2n) is 18.8. The van der Waals surface area contributed by atoms with Crippen molar-refractivity contribution in [3.63, 3.8) is 0 Å². The van der Waals surface area contributed by atoms with Gasteiger partial charge in [0.1, 0.15) is 17.3 Å². The highest BCUT2D eigenvalue weighted by Gasteiger charge is 2.75. The van der Waals surface area contributed by atoms with Gasteiger partial charge in [-0.3, -0.25) is 49.1 Å². The Labute approximate surface area is 408 Å². The van der Waals surface area contributed by atoms with Crippen molar-refractivity contribution >= 4 is 75.9 Å². The van der Waals surface area contributed by atoms with Crippen molar-refractivity contribution in [1.29, 1.82) is 0 Å². The molecule has 5 N–H and O–H groups in total. The molecular weight excluding hydrogens is 930 g/mol. The smallest absolute Gasteiger partial charge is 0.262 e. The van der Waals surface area contributed by atoms with Crippen LogP contribution in [-0.4, -0.2) is 96.8 Å². The second kappa shape index (κ2) is 19.5. The lowest BCUT2D eigenvalue weighted by Crippen LogP contribution is -2.62. The van der Waals surface area contributed by atoms with Crippen LogP contribution in [0.1, 0.15) is 107 Å². The highest BCUT2D eigenvalue weighted by atomic mass is 35.5. The molecule has 0 radical (unpaired) electrons. The van der Waals surface area contributed by atoms with E-state index in [-0.39, 0.29) is 67.0 Å². The number of nitrogens with one attached hydrogen (secondary N) is 5. The number of ether oxygens (including phenoxy) is 2. The maximum Gasteiger partial charge on any atom is 0.262 e. The number of imide groups is 2. The van der Waals surface area contributed by atoms with E-state index in [0.717, 1.165) is 24.2 Å². The van der Waals surface area contributed by atoms with Gasteiger partial charge in [-0.05, 0) is 98.2 Å². The fourth-order valence-electron chi connectivity index (χ4n) is 11.7. The monoisotopic (exact) mass is 982 g/mol. The molecule has 4 heterocycles. The van der Waals surface area contributed by atoms with Gasteiger partial charge in [-0.2, -0.15) is 0 Å². The molecule has 2 aliphatic carbocycles. The zero-order valence-electron chi connectivity index (χ0n) is 38.0. The van der Waals surface area contributed by atoms with Crippen molar-refractivity contribution in [2.45, 2.75) is 94.2 Å². The van der Waals surface area contributed by atoms with Crippen LogP contribution in [0.25, 0.3) is 0 Å². The summed E-state index contributed by atoms with van der Waals surface area (Å²) < 4.78 is 28.1. The maximum atomic E-state index is 16.7. The summed E-state index contributed by atoms with van der Waals surface area (Å²) in [6.07, 6.45) is 8.49. The van der Waals surface area contributed by atoms with Gasteiger partial charge in [0.15, 0.2) is 0 Å². The van der Waals surface area contributed by atoms with Gasteiger partial charge in [0.05, 0.1) is 42.0 Å². The first-order valence-corrected chi connectivity index (χ1v) is 24.3. The Hall–Kier alpha value is -5.78. The van der Waals surface area contributed by atoms with Crippen LogP contribution in [0.15, 0.2) is 83.7 Å². The lowest BCUT2D eigenvalue weighted by molar-refractivity contribution is -0.136. The Bertz CT molecular complexity index is 2690. The van der Waals surface area contributed by atoms with E-state index in [4.69, 9.17) is 32.7 Å². The van der Waals surface area contributed by atoms with E-state index in [2.05, 4.69) is 26.6 Å². The number of hydrogen-bond donors (Lipinski definition) is 5. The Morgan fingerprint density at radius 1 is 0.899 bits per heavy atom. The predicted molar refractivity (Wildman–Crippen MR) is 254 cm³/mol. The summed E-state index contributed by atoms with van der Waals surface area (Å²) in [6, 6.07) is 14.7. The Morgan fingerprint density at radius 2 is 1.65 bits per heavy atom. The third-order valence-corrected chi connectivity index (χ3v) is 15.3. The number of rotatable bonds is 15. The summed E-state index contributed by atoms with van der Waals surface area (Å²) in [4.78, 5) is 94.0. The lowest BCUT2D eigenvalue weighted by atomic mass is 9.50. The van der Waals surface area contributed by atoms with Gasteiger partial charge in [0.2, 0.25) is 23.6 Å². The number of carbonyl (C=O) groups excluding carboxylic acids is 7. The quantitative estimate of drug-likeness (QED) is 0.0812. The molecular formula is C51H53Cl2FN6O9. The number of fused-ring (bicyclic) bond motifs is 4. The largest absolute Gasteiger partial charge is 0.379 e. The van der Waals surface area contributed by atoms with Crippen LogP contribution in [0.4, 0.5) is 15.8 Å². The molecule has 0 aromatic heterocycles. The molecule has 4 aliphatic heterocycles. The highest BCUT2D eigenvalue weighted by molar-refractivity contribution is 6.32. The highest BCUT2D eigenvalue weighted by Crippen LogP contribution is 2.66. The molecule has 5 atom stereocenters. The molecule has 362 valence electrons. The average Bonchev–Trinajstić information content (AvgIpc) is 3.89. The molecule has 15 nitrogen and oxygen atoms in total. The first kappa shape index (κ1) is 48.3. The number of amides is 7.